The predicted molar refractivity (Wildman–Crippen MR) is 174 cm³/mol. The molecule has 0 aliphatic heterocycles. The summed E-state index contributed by atoms with van der Waals surface area (Å²) in [7, 11) is -3.92. The van der Waals surface area contributed by atoms with Crippen LogP contribution < -0.4 is 10.5 Å². The first-order valence-electron chi connectivity index (χ1n) is 14.9. The number of carbonyl (C=O) groups excluding carboxylic acids is 2. The molecular weight excluding hydrogens is 585 g/mol. The Labute approximate surface area is 260 Å². The molecule has 1 amide bonds. The second-order valence-electron chi connectivity index (χ2n) is 14.7. The van der Waals surface area contributed by atoms with Gasteiger partial charge in [0.2, 0.25) is 6.04 Å². The fraction of sp³-hybridized carbons (Fsp3) is 0.710. The van der Waals surface area contributed by atoms with Gasteiger partial charge >= 0.3 is 11.9 Å². The van der Waals surface area contributed by atoms with Crippen molar-refractivity contribution < 1.29 is 37.8 Å². The van der Waals surface area contributed by atoms with Gasteiger partial charge in [-0.1, -0.05) is 53.7 Å². The quantitative estimate of drug-likeness (QED) is 0.142. The summed E-state index contributed by atoms with van der Waals surface area (Å²) < 4.78 is 23.8. The van der Waals surface area contributed by atoms with Crippen LogP contribution in [0.5, 0.6) is 5.75 Å². The fourth-order valence-electron chi connectivity index (χ4n) is 3.52. The van der Waals surface area contributed by atoms with Crippen LogP contribution in [0.1, 0.15) is 61.0 Å². The van der Waals surface area contributed by atoms with Gasteiger partial charge in [0.1, 0.15) is 11.4 Å². The lowest BCUT2D eigenvalue weighted by molar-refractivity contribution is -0.163. The highest BCUT2D eigenvalue weighted by Gasteiger charge is 2.38. The number of carbonyl (C=O) groups is 3. The first-order chi connectivity index (χ1) is 19.4. The third-order valence-electron chi connectivity index (χ3n) is 8.43. The fourth-order valence-corrected chi connectivity index (χ4v) is 5.59. The molecule has 3 N–H and O–H groups in total. The maximum Gasteiger partial charge on any atom is 0.335 e. The van der Waals surface area contributed by atoms with E-state index in [4.69, 9.17) is 29.2 Å². The highest BCUT2D eigenvalue weighted by molar-refractivity contribution is 6.74. The molecule has 1 aromatic rings. The van der Waals surface area contributed by atoms with Crippen molar-refractivity contribution in [2.45, 2.75) is 110 Å². The number of hydrogen-bond acceptors (Lipinski definition) is 8. The molecule has 0 bridgehead atoms. The van der Waals surface area contributed by atoms with Gasteiger partial charge < -0.3 is 34.1 Å². The average Bonchev–Trinajstić information content (AvgIpc) is 2.84. The monoisotopic (exact) mass is 640 g/mol. The number of nitrogens with two attached hydrogens (primary N) is 1. The maximum atomic E-state index is 13.3. The van der Waals surface area contributed by atoms with Crippen molar-refractivity contribution in [3.63, 3.8) is 0 Å². The largest absolute Gasteiger partial charge is 0.484 e. The number of ether oxygens (including phenoxy) is 2. The van der Waals surface area contributed by atoms with E-state index in [2.05, 4.69) is 67.7 Å². The Kier molecular flexibility index (Phi) is 13.7. The van der Waals surface area contributed by atoms with Gasteiger partial charge in [0, 0.05) is 19.5 Å². The van der Waals surface area contributed by atoms with E-state index < -0.39 is 40.2 Å². The van der Waals surface area contributed by atoms with Gasteiger partial charge in [-0.25, -0.2) is 9.59 Å². The molecule has 0 saturated heterocycles. The van der Waals surface area contributed by atoms with E-state index in [0.29, 0.717) is 38.5 Å². The Morgan fingerprint density at radius 3 is 1.67 bits per heavy atom. The molecule has 0 saturated carbocycles. The predicted octanol–water partition coefficient (Wildman–Crippen LogP) is 5.21. The van der Waals surface area contributed by atoms with Crippen molar-refractivity contribution >= 4 is 34.5 Å². The molecule has 1 atom stereocenters. The number of carboxylic acids is 1. The van der Waals surface area contributed by atoms with E-state index in [0.717, 1.165) is 5.56 Å². The number of benzene rings is 1. The van der Waals surface area contributed by atoms with E-state index in [1.165, 1.54) is 0 Å². The first kappa shape index (κ1) is 38.8. The van der Waals surface area contributed by atoms with Crippen molar-refractivity contribution in [3.8, 4) is 5.75 Å². The van der Waals surface area contributed by atoms with Crippen molar-refractivity contribution in [2.24, 2.45) is 5.73 Å². The standard InChI is InChI=1S/C31H56N2O8Si2/c1-29(2,3)42(9,10)39-19-17-33(18-20-40-43(11,12)30(4,5)6)25(34)22-38-24-15-13-23(14-16-24)21-31(7,8)41-28(37)26(32)27(35)36/h13-16,26H,17-22,32H2,1-12H3,(H,35,36)/t26-/m1/s1. The summed E-state index contributed by atoms with van der Waals surface area (Å²) in [5, 5.41) is 9.07. The number of esters is 1. The normalized spacial score (nSPS) is 13.8. The van der Waals surface area contributed by atoms with Gasteiger partial charge in [-0.05, 0) is 67.8 Å². The number of nitrogens with zero attached hydrogens (tertiary/aromatic N) is 1. The molecule has 0 fully saturated rings. The van der Waals surface area contributed by atoms with Crippen molar-refractivity contribution in [3.05, 3.63) is 29.8 Å². The summed E-state index contributed by atoms with van der Waals surface area (Å²) in [4.78, 5) is 38.0. The SMILES string of the molecule is CC(C)(Cc1ccc(OCC(=O)N(CCO[Si](C)(C)C(C)(C)C)CCO[Si](C)(C)C(C)(C)C)cc1)OC(=O)[C@H](N)C(=O)O. The number of amides is 1. The van der Waals surface area contributed by atoms with Crippen LogP contribution in [0.25, 0.3) is 0 Å². The molecule has 0 unspecified atom stereocenters. The van der Waals surface area contributed by atoms with Crippen molar-refractivity contribution in [1.82, 2.24) is 4.90 Å². The summed E-state index contributed by atoms with van der Waals surface area (Å²) in [5.74, 6) is -2.06. The first-order valence-corrected chi connectivity index (χ1v) is 20.7. The van der Waals surface area contributed by atoms with Crippen molar-refractivity contribution in [1.29, 1.82) is 0 Å². The molecule has 0 aliphatic carbocycles. The van der Waals surface area contributed by atoms with Crippen LogP contribution in [-0.4, -0.2) is 89.0 Å². The van der Waals surface area contributed by atoms with E-state index in [1.54, 1.807) is 30.9 Å². The third-order valence-corrected chi connectivity index (χ3v) is 17.5. The van der Waals surface area contributed by atoms with Gasteiger partial charge in [0.25, 0.3) is 5.91 Å². The topological polar surface area (TPSA) is 138 Å². The average molecular weight is 641 g/mol. The number of aliphatic carboxylic acids is 1. The van der Waals surface area contributed by atoms with Crippen LogP contribution in [0.4, 0.5) is 0 Å². The number of rotatable bonds is 16. The molecule has 0 heterocycles. The lowest BCUT2D eigenvalue weighted by Gasteiger charge is -2.38. The Morgan fingerprint density at radius 2 is 1.28 bits per heavy atom. The molecule has 0 spiro atoms. The van der Waals surface area contributed by atoms with Gasteiger partial charge in [-0.2, -0.15) is 0 Å². The van der Waals surface area contributed by atoms with Crippen LogP contribution in [0.15, 0.2) is 24.3 Å². The zero-order valence-corrected chi connectivity index (χ0v) is 30.5. The molecule has 1 rings (SSSR count). The molecule has 1 aromatic carbocycles. The molecule has 0 aliphatic rings. The minimum absolute atomic E-state index is 0.0741. The van der Waals surface area contributed by atoms with Gasteiger partial charge in [-0.15, -0.1) is 0 Å². The van der Waals surface area contributed by atoms with Crippen LogP contribution >= 0.6 is 0 Å². The minimum Gasteiger partial charge on any atom is -0.484 e. The van der Waals surface area contributed by atoms with E-state index >= 15 is 0 Å². The van der Waals surface area contributed by atoms with Crippen LogP contribution in [0, 0.1) is 0 Å². The zero-order valence-electron chi connectivity index (χ0n) is 28.5. The summed E-state index contributed by atoms with van der Waals surface area (Å²) in [5.41, 5.74) is 5.22. The summed E-state index contributed by atoms with van der Waals surface area (Å²) in [6.07, 6.45) is 0.334. The number of carboxylic acid groups (broad SMARTS) is 1. The minimum atomic E-state index is -1.96. The summed E-state index contributed by atoms with van der Waals surface area (Å²) >= 11 is 0. The van der Waals surface area contributed by atoms with Crippen LogP contribution in [0.3, 0.4) is 0 Å². The summed E-state index contributed by atoms with van der Waals surface area (Å²) in [6.45, 7) is 27.0. The van der Waals surface area contributed by atoms with Crippen LogP contribution in [0.2, 0.25) is 36.3 Å². The molecule has 0 radical (unpaired) electrons. The molecule has 0 aromatic heterocycles. The smallest absolute Gasteiger partial charge is 0.335 e. The van der Waals surface area contributed by atoms with Gasteiger partial charge in [0.15, 0.2) is 23.2 Å². The van der Waals surface area contributed by atoms with E-state index in [-0.39, 0.29) is 22.6 Å². The second kappa shape index (κ2) is 15.2. The number of hydrogen-bond donors (Lipinski definition) is 2. The molecule has 10 nitrogen and oxygen atoms in total. The summed E-state index contributed by atoms with van der Waals surface area (Å²) in [6, 6.07) is 5.38. The molecule has 246 valence electrons. The zero-order chi connectivity index (χ0) is 33.4. The molecular formula is C31H56N2O8Si2. The maximum absolute atomic E-state index is 13.3. The van der Waals surface area contributed by atoms with Crippen molar-refractivity contribution in [2.75, 3.05) is 32.9 Å². The molecule has 12 heteroatoms. The van der Waals surface area contributed by atoms with Gasteiger partial charge in [-0.3, -0.25) is 4.79 Å². The van der Waals surface area contributed by atoms with Crippen LogP contribution in [-0.2, 0) is 34.4 Å². The third kappa shape index (κ3) is 12.7. The Balaban J connectivity index is 2.84. The lowest BCUT2D eigenvalue weighted by Crippen LogP contribution is -2.46. The van der Waals surface area contributed by atoms with Gasteiger partial charge in [0.05, 0.1) is 13.2 Å². The Morgan fingerprint density at radius 1 is 0.837 bits per heavy atom. The highest BCUT2D eigenvalue weighted by Crippen LogP contribution is 2.37. The highest BCUT2D eigenvalue weighted by atomic mass is 28.4. The van der Waals surface area contributed by atoms with E-state index in [1.807, 2.05) is 12.1 Å². The van der Waals surface area contributed by atoms with E-state index in [9.17, 15) is 14.4 Å². The Hall–Kier alpha value is -2.26. The lowest BCUT2D eigenvalue weighted by atomic mass is 9.98. The molecule has 43 heavy (non-hydrogen) atoms. The second-order valence-corrected chi connectivity index (χ2v) is 24.3. The Bertz CT molecular complexity index is 1040.